The monoisotopic (exact) mass is 226 g/mol. The molecule has 3 rings (SSSR count). The van der Waals surface area contributed by atoms with Crippen molar-refractivity contribution in [3.63, 3.8) is 0 Å². The second-order valence-electron chi connectivity index (χ2n) is 3.79. The molecular formula is C12H10N4O. The summed E-state index contributed by atoms with van der Waals surface area (Å²) in [5.41, 5.74) is 1.57. The third-order valence-electron chi connectivity index (χ3n) is 2.64. The van der Waals surface area contributed by atoms with Gasteiger partial charge >= 0.3 is 0 Å². The molecule has 5 nitrogen and oxygen atoms in total. The highest BCUT2D eigenvalue weighted by atomic mass is 16.1. The lowest BCUT2D eigenvalue weighted by Gasteiger charge is -2.01. The quantitative estimate of drug-likeness (QED) is 0.682. The van der Waals surface area contributed by atoms with Crippen LogP contribution in [0, 0.1) is 6.92 Å². The number of nitrogens with one attached hydrogen (secondary N) is 1. The number of hydrogen-bond acceptors (Lipinski definition) is 3. The standard InChI is InChI=1S/C12H10N4O/c1-8-14-15-12-13-10(7-11(17)16(8)12)9-5-3-2-4-6-9/h2-7H,1H3,(H,13,15). The van der Waals surface area contributed by atoms with E-state index in [0.29, 0.717) is 11.6 Å². The lowest BCUT2D eigenvalue weighted by atomic mass is 10.1. The molecule has 0 bridgehead atoms. The van der Waals surface area contributed by atoms with Crippen molar-refractivity contribution in [2.75, 3.05) is 0 Å². The van der Waals surface area contributed by atoms with Crippen LogP contribution in [0.5, 0.6) is 0 Å². The highest BCUT2D eigenvalue weighted by Gasteiger charge is 2.07. The Balaban J connectivity index is 2.30. The van der Waals surface area contributed by atoms with E-state index in [1.54, 1.807) is 13.0 Å². The minimum Gasteiger partial charge on any atom is -0.323 e. The van der Waals surface area contributed by atoms with Gasteiger partial charge in [0.25, 0.3) is 5.56 Å². The predicted octanol–water partition coefficient (Wildman–Crippen LogP) is 1.39. The molecular weight excluding hydrogens is 216 g/mol. The fourth-order valence-electron chi connectivity index (χ4n) is 1.82. The molecule has 2 aromatic heterocycles. The van der Waals surface area contributed by atoms with Crippen molar-refractivity contribution >= 4 is 5.78 Å². The molecule has 0 aliphatic heterocycles. The van der Waals surface area contributed by atoms with Gasteiger partial charge in [0, 0.05) is 6.07 Å². The fourth-order valence-corrected chi connectivity index (χ4v) is 1.82. The second-order valence-corrected chi connectivity index (χ2v) is 3.79. The Kier molecular flexibility index (Phi) is 2.04. The maximum absolute atomic E-state index is 11.9. The normalized spacial score (nSPS) is 10.9. The molecule has 5 heteroatoms. The zero-order chi connectivity index (χ0) is 11.8. The van der Waals surface area contributed by atoms with Gasteiger partial charge in [0.1, 0.15) is 5.82 Å². The molecule has 0 aliphatic carbocycles. The summed E-state index contributed by atoms with van der Waals surface area (Å²) in [4.78, 5) is 15.0. The molecule has 3 aromatic rings. The number of aromatic amines is 1. The number of aryl methyl sites for hydroxylation is 1. The SMILES string of the molecule is Cc1nnc2[nH]c(-c3ccccc3)cc(=O)n12. The third-order valence-corrected chi connectivity index (χ3v) is 2.64. The van der Waals surface area contributed by atoms with Crippen LogP contribution < -0.4 is 5.56 Å². The first-order valence-electron chi connectivity index (χ1n) is 5.26. The van der Waals surface area contributed by atoms with Crippen LogP contribution in [0.3, 0.4) is 0 Å². The molecule has 0 radical (unpaired) electrons. The Hall–Kier alpha value is -2.43. The first-order valence-corrected chi connectivity index (χ1v) is 5.26. The van der Waals surface area contributed by atoms with E-state index < -0.39 is 0 Å². The van der Waals surface area contributed by atoms with E-state index in [1.807, 2.05) is 30.3 Å². The molecule has 0 fully saturated rings. The molecule has 0 aliphatic rings. The number of aromatic nitrogens is 4. The van der Waals surface area contributed by atoms with Crippen molar-refractivity contribution in [3.05, 3.63) is 52.6 Å². The van der Waals surface area contributed by atoms with Crippen LogP contribution in [0.2, 0.25) is 0 Å². The Bertz CT molecular complexity index is 727. The van der Waals surface area contributed by atoms with Gasteiger partial charge in [-0.2, -0.15) is 0 Å². The van der Waals surface area contributed by atoms with E-state index in [1.165, 1.54) is 4.40 Å². The van der Waals surface area contributed by atoms with Crippen LogP contribution in [0.25, 0.3) is 17.0 Å². The van der Waals surface area contributed by atoms with Crippen molar-refractivity contribution in [2.45, 2.75) is 6.92 Å². The van der Waals surface area contributed by atoms with Crippen molar-refractivity contribution < 1.29 is 0 Å². The lowest BCUT2D eigenvalue weighted by molar-refractivity contribution is 0.976. The Morgan fingerprint density at radius 3 is 2.71 bits per heavy atom. The van der Waals surface area contributed by atoms with E-state index in [9.17, 15) is 4.79 Å². The summed E-state index contributed by atoms with van der Waals surface area (Å²) in [6.07, 6.45) is 0. The summed E-state index contributed by atoms with van der Waals surface area (Å²) in [6.45, 7) is 1.75. The van der Waals surface area contributed by atoms with E-state index in [2.05, 4.69) is 15.2 Å². The van der Waals surface area contributed by atoms with Gasteiger partial charge in [0.15, 0.2) is 0 Å². The van der Waals surface area contributed by atoms with Gasteiger partial charge in [-0.05, 0) is 12.5 Å². The summed E-state index contributed by atoms with van der Waals surface area (Å²) < 4.78 is 1.45. The maximum atomic E-state index is 11.9. The van der Waals surface area contributed by atoms with Gasteiger partial charge in [-0.15, -0.1) is 10.2 Å². The molecule has 0 unspecified atom stereocenters. The minimum atomic E-state index is -0.125. The molecule has 0 amide bonds. The van der Waals surface area contributed by atoms with Crippen molar-refractivity contribution in [3.8, 4) is 11.3 Å². The molecule has 0 spiro atoms. The first kappa shape index (κ1) is 9.77. The molecule has 0 saturated carbocycles. The smallest absolute Gasteiger partial charge is 0.261 e. The van der Waals surface area contributed by atoms with Crippen LogP contribution in [0.4, 0.5) is 0 Å². The van der Waals surface area contributed by atoms with Gasteiger partial charge in [0.2, 0.25) is 5.78 Å². The van der Waals surface area contributed by atoms with Gasteiger partial charge in [-0.3, -0.25) is 4.79 Å². The van der Waals surface area contributed by atoms with Crippen LogP contribution in [-0.4, -0.2) is 19.6 Å². The zero-order valence-corrected chi connectivity index (χ0v) is 9.21. The Labute approximate surface area is 96.8 Å². The molecule has 1 N–H and O–H groups in total. The molecule has 0 saturated heterocycles. The fraction of sp³-hybridized carbons (Fsp3) is 0.0833. The van der Waals surface area contributed by atoms with E-state index in [4.69, 9.17) is 0 Å². The second kappa shape index (κ2) is 3.55. The van der Waals surface area contributed by atoms with Crippen molar-refractivity contribution in [1.82, 2.24) is 19.6 Å². The highest BCUT2D eigenvalue weighted by Crippen LogP contribution is 2.14. The summed E-state index contributed by atoms with van der Waals surface area (Å²) in [5, 5.41) is 7.80. The van der Waals surface area contributed by atoms with Gasteiger partial charge in [-0.1, -0.05) is 30.3 Å². The molecule has 0 atom stereocenters. The van der Waals surface area contributed by atoms with E-state index in [-0.39, 0.29) is 5.56 Å². The molecule has 84 valence electrons. The molecule has 17 heavy (non-hydrogen) atoms. The highest BCUT2D eigenvalue weighted by molar-refractivity contribution is 5.60. The minimum absolute atomic E-state index is 0.125. The van der Waals surface area contributed by atoms with Gasteiger partial charge in [0.05, 0.1) is 5.69 Å². The number of fused-ring (bicyclic) bond motifs is 1. The summed E-state index contributed by atoms with van der Waals surface area (Å²) in [6, 6.07) is 11.2. The largest absolute Gasteiger partial charge is 0.323 e. The topological polar surface area (TPSA) is 63.0 Å². The summed E-state index contributed by atoms with van der Waals surface area (Å²) >= 11 is 0. The van der Waals surface area contributed by atoms with Gasteiger partial charge in [-0.25, -0.2) is 4.40 Å². The number of nitrogens with zero attached hydrogens (tertiary/aromatic N) is 3. The number of H-pyrrole nitrogens is 1. The van der Waals surface area contributed by atoms with Crippen LogP contribution in [0.15, 0.2) is 41.2 Å². The van der Waals surface area contributed by atoms with E-state index in [0.717, 1.165) is 11.3 Å². The average molecular weight is 226 g/mol. The Morgan fingerprint density at radius 2 is 1.94 bits per heavy atom. The van der Waals surface area contributed by atoms with Crippen LogP contribution in [0.1, 0.15) is 5.82 Å². The Morgan fingerprint density at radius 1 is 1.18 bits per heavy atom. The predicted molar refractivity (Wildman–Crippen MR) is 63.8 cm³/mol. The van der Waals surface area contributed by atoms with Gasteiger partial charge < -0.3 is 4.98 Å². The first-order chi connectivity index (χ1) is 8.25. The van der Waals surface area contributed by atoms with E-state index >= 15 is 0 Å². The van der Waals surface area contributed by atoms with Crippen LogP contribution >= 0.6 is 0 Å². The summed E-state index contributed by atoms with van der Waals surface area (Å²) in [7, 11) is 0. The third kappa shape index (κ3) is 1.52. The molecule has 1 aromatic carbocycles. The zero-order valence-electron chi connectivity index (χ0n) is 9.21. The number of benzene rings is 1. The maximum Gasteiger partial charge on any atom is 0.261 e. The van der Waals surface area contributed by atoms with Crippen molar-refractivity contribution in [1.29, 1.82) is 0 Å². The lowest BCUT2D eigenvalue weighted by Crippen LogP contribution is -2.14. The number of hydrogen-bond donors (Lipinski definition) is 1. The number of rotatable bonds is 1. The summed E-state index contributed by atoms with van der Waals surface area (Å²) in [5.74, 6) is 1.05. The molecule has 2 heterocycles. The average Bonchev–Trinajstić information content (AvgIpc) is 2.73. The van der Waals surface area contributed by atoms with Crippen molar-refractivity contribution in [2.24, 2.45) is 0 Å². The van der Waals surface area contributed by atoms with Crippen LogP contribution in [-0.2, 0) is 0 Å².